The number of methoxy groups -OCH3 is 1. The van der Waals surface area contributed by atoms with Crippen molar-refractivity contribution in [1.82, 2.24) is 9.88 Å². The first kappa shape index (κ1) is 17.5. The van der Waals surface area contributed by atoms with E-state index in [0.29, 0.717) is 0 Å². The van der Waals surface area contributed by atoms with Gasteiger partial charge in [0, 0.05) is 25.3 Å². The number of hydrogen-bond acceptors (Lipinski definition) is 6. The van der Waals surface area contributed by atoms with Crippen LogP contribution in [0.5, 0.6) is 5.75 Å². The second kappa shape index (κ2) is 6.56. The average Bonchev–Trinajstić information content (AvgIpc) is 2.84. The molecule has 1 aliphatic rings. The molecule has 0 radical (unpaired) electrons. The number of halogens is 2. The van der Waals surface area contributed by atoms with Crippen LogP contribution in [0.4, 0.5) is 14.6 Å². The van der Waals surface area contributed by atoms with Crippen LogP contribution >= 0.6 is 0 Å². The molecule has 1 aromatic carbocycles. The SMILES string of the molecule is COCCOc1c(F)cc(-n2c(N)c3c(cc2=O)C(=O)NC3=O)cc1F. The van der Waals surface area contributed by atoms with Crippen LogP contribution in [0.1, 0.15) is 20.7 Å². The van der Waals surface area contributed by atoms with E-state index >= 15 is 0 Å². The number of rotatable bonds is 5. The van der Waals surface area contributed by atoms with E-state index < -0.39 is 40.6 Å². The van der Waals surface area contributed by atoms with Gasteiger partial charge in [0.05, 0.1) is 23.4 Å². The van der Waals surface area contributed by atoms with Crippen molar-refractivity contribution in [3.63, 3.8) is 0 Å². The molecule has 2 aromatic rings. The Balaban J connectivity index is 2.11. The highest BCUT2D eigenvalue weighted by Crippen LogP contribution is 2.28. The third kappa shape index (κ3) is 2.80. The lowest BCUT2D eigenvalue weighted by Gasteiger charge is -2.14. The number of anilines is 1. The average molecular weight is 365 g/mol. The molecule has 0 saturated carbocycles. The number of ether oxygens (including phenoxy) is 2. The summed E-state index contributed by atoms with van der Waals surface area (Å²) in [6, 6.07) is 2.55. The van der Waals surface area contributed by atoms with Gasteiger partial charge in [-0.3, -0.25) is 24.3 Å². The van der Waals surface area contributed by atoms with Crippen molar-refractivity contribution in [1.29, 1.82) is 0 Å². The van der Waals surface area contributed by atoms with Gasteiger partial charge in [-0.25, -0.2) is 8.78 Å². The summed E-state index contributed by atoms with van der Waals surface area (Å²) in [5, 5.41) is 2.00. The number of fused-ring (bicyclic) bond motifs is 1. The standard InChI is InChI=1S/C16H13F2N3O5/c1-25-2-3-26-13-9(17)4-7(5-10(13)18)21-11(22)6-8-12(14(21)19)16(24)20-15(8)23/h4-6H,2-3,19H2,1H3,(H,20,23,24). The Morgan fingerprint density at radius 2 is 1.73 bits per heavy atom. The number of nitrogen functional groups attached to an aromatic ring is 1. The van der Waals surface area contributed by atoms with Gasteiger partial charge >= 0.3 is 0 Å². The minimum absolute atomic E-state index is 0.0765. The summed E-state index contributed by atoms with van der Waals surface area (Å²) in [4.78, 5) is 35.7. The quantitative estimate of drug-likeness (QED) is 0.593. The van der Waals surface area contributed by atoms with Gasteiger partial charge in [0.1, 0.15) is 12.4 Å². The summed E-state index contributed by atoms with van der Waals surface area (Å²) in [5.74, 6) is -4.72. The van der Waals surface area contributed by atoms with E-state index in [-0.39, 0.29) is 30.0 Å². The molecule has 2 heterocycles. The number of imide groups is 1. The molecule has 1 aromatic heterocycles. The van der Waals surface area contributed by atoms with Crippen LogP contribution in [0.2, 0.25) is 0 Å². The maximum absolute atomic E-state index is 14.2. The number of benzene rings is 1. The Labute approximate surface area is 145 Å². The Morgan fingerprint density at radius 1 is 1.08 bits per heavy atom. The van der Waals surface area contributed by atoms with Gasteiger partial charge in [-0.05, 0) is 0 Å². The maximum atomic E-state index is 14.2. The zero-order valence-corrected chi connectivity index (χ0v) is 13.5. The van der Waals surface area contributed by atoms with E-state index in [4.69, 9.17) is 15.2 Å². The molecular formula is C16H13F2N3O5. The summed E-state index contributed by atoms with van der Waals surface area (Å²) in [5.41, 5.74) is 4.33. The number of hydrogen-bond donors (Lipinski definition) is 2. The minimum atomic E-state index is -1.07. The first-order chi connectivity index (χ1) is 12.3. The molecule has 1 aliphatic heterocycles. The lowest BCUT2D eigenvalue weighted by molar-refractivity contribution is 0.0880. The monoisotopic (exact) mass is 365 g/mol. The zero-order valence-electron chi connectivity index (χ0n) is 13.5. The van der Waals surface area contributed by atoms with Crippen molar-refractivity contribution in [3.8, 4) is 11.4 Å². The van der Waals surface area contributed by atoms with Gasteiger partial charge in [0.25, 0.3) is 17.4 Å². The highest BCUT2D eigenvalue weighted by Gasteiger charge is 2.32. The highest BCUT2D eigenvalue weighted by atomic mass is 19.1. The van der Waals surface area contributed by atoms with Crippen LogP contribution in [0.25, 0.3) is 5.69 Å². The molecule has 0 spiro atoms. The fourth-order valence-electron chi connectivity index (χ4n) is 2.59. The molecule has 0 bridgehead atoms. The second-order valence-electron chi connectivity index (χ2n) is 5.35. The first-order valence-electron chi connectivity index (χ1n) is 7.37. The van der Waals surface area contributed by atoms with Crippen molar-refractivity contribution >= 4 is 17.6 Å². The fraction of sp³-hybridized carbons (Fsp3) is 0.188. The number of aromatic nitrogens is 1. The third-order valence-electron chi connectivity index (χ3n) is 3.73. The van der Waals surface area contributed by atoms with E-state index in [9.17, 15) is 23.2 Å². The largest absolute Gasteiger partial charge is 0.485 e. The molecule has 8 nitrogen and oxygen atoms in total. The fourth-order valence-corrected chi connectivity index (χ4v) is 2.59. The van der Waals surface area contributed by atoms with E-state index in [1.807, 2.05) is 5.32 Å². The second-order valence-corrected chi connectivity index (χ2v) is 5.35. The van der Waals surface area contributed by atoms with E-state index in [1.165, 1.54) is 7.11 Å². The number of amides is 2. The predicted molar refractivity (Wildman–Crippen MR) is 85.5 cm³/mol. The lowest BCUT2D eigenvalue weighted by atomic mass is 10.1. The molecule has 136 valence electrons. The van der Waals surface area contributed by atoms with Gasteiger partial charge in [-0.1, -0.05) is 0 Å². The predicted octanol–water partition coefficient (Wildman–Crippen LogP) is 0.607. The Hall–Kier alpha value is -3.27. The summed E-state index contributed by atoms with van der Waals surface area (Å²) in [6.45, 7) is 0.0495. The van der Waals surface area contributed by atoms with Crippen LogP contribution in [0, 0.1) is 11.6 Å². The number of nitrogens with zero attached hydrogens (tertiary/aromatic N) is 1. The Bertz CT molecular complexity index is 964. The molecular weight excluding hydrogens is 352 g/mol. The van der Waals surface area contributed by atoms with Crippen LogP contribution in [-0.2, 0) is 4.74 Å². The number of carbonyl (C=O) groups is 2. The minimum Gasteiger partial charge on any atom is -0.485 e. The maximum Gasteiger partial charge on any atom is 0.262 e. The number of nitrogens with one attached hydrogen (secondary N) is 1. The van der Waals surface area contributed by atoms with Crippen molar-refractivity contribution < 1.29 is 27.8 Å². The normalized spacial score (nSPS) is 12.9. The first-order valence-corrected chi connectivity index (χ1v) is 7.37. The van der Waals surface area contributed by atoms with Crippen LogP contribution in [0.15, 0.2) is 23.0 Å². The molecule has 0 aliphatic carbocycles. The van der Waals surface area contributed by atoms with Crippen molar-refractivity contribution in [2.75, 3.05) is 26.1 Å². The van der Waals surface area contributed by atoms with Crippen molar-refractivity contribution in [3.05, 3.63) is 51.3 Å². The highest BCUT2D eigenvalue weighted by molar-refractivity contribution is 6.23. The van der Waals surface area contributed by atoms with Crippen molar-refractivity contribution in [2.45, 2.75) is 0 Å². The van der Waals surface area contributed by atoms with E-state index in [0.717, 1.165) is 22.8 Å². The Kier molecular flexibility index (Phi) is 4.43. The molecule has 10 heteroatoms. The summed E-state index contributed by atoms with van der Waals surface area (Å²) in [6.07, 6.45) is 0. The number of nitrogens with two attached hydrogens (primary N) is 1. The van der Waals surface area contributed by atoms with Gasteiger partial charge in [0.15, 0.2) is 17.4 Å². The van der Waals surface area contributed by atoms with Crippen LogP contribution in [0.3, 0.4) is 0 Å². The molecule has 0 atom stereocenters. The van der Waals surface area contributed by atoms with Gasteiger partial charge in [0.2, 0.25) is 0 Å². The molecule has 0 saturated heterocycles. The van der Waals surface area contributed by atoms with Gasteiger partial charge in [-0.15, -0.1) is 0 Å². The molecule has 0 unspecified atom stereocenters. The number of pyridine rings is 1. The zero-order chi connectivity index (χ0) is 19.0. The molecule has 3 N–H and O–H groups in total. The Morgan fingerprint density at radius 3 is 2.35 bits per heavy atom. The lowest BCUT2D eigenvalue weighted by Crippen LogP contribution is -2.24. The van der Waals surface area contributed by atoms with Gasteiger partial charge in [-0.2, -0.15) is 0 Å². The van der Waals surface area contributed by atoms with Crippen molar-refractivity contribution in [2.24, 2.45) is 0 Å². The summed E-state index contributed by atoms with van der Waals surface area (Å²) < 4.78 is 38.8. The molecule has 3 rings (SSSR count). The number of carbonyl (C=O) groups excluding carboxylic acids is 2. The van der Waals surface area contributed by atoms with Gasteiger partial charge < -0.3 is 15.2 Å². The van der Waals surface area contributed by atoms with Crippen LogP contribution < -0.4 is 21.3 Å². The third-order valence-corrected chi connectivity index (χ3v) is 3.73. The summed E-state index contributed by atoms with van der Waals surface area (Å²) >= 11 is 0. The van der Waals surface area contributed by atoms with Crippen LogP contribution in [-0.4, -0.2) is 36.7 Å². The molecule has 0 fully saturated rings. The molecule has 2 amide bonds. The van der Waals surface area contributed by atoms with E-state index in [2.05, 4.69) is 0 Å². The topological polar surface area (TPSA) is 113 Å². The van der Waals surface area contributed by atoms with E-state index in [1.54, 1.807) is 0 Å². The smallest absolute Gasteiger partial charge is 0.262 e. The molecule has 26 heavy (non-hydrogen) atoms. The summed E-state index contributed by atoms with van der Waals surface area (Å²) in [7, 11) is 1.41.